The molecule has 1 aromatic heterocycles. The maximum atomic E-state index is 12.6. The van der Waals surface area contributed by atoms with E-state index in [0.29, 0.717) is 30.3 Å². The molecule has 1 N–H and O–H groups in total. The molecular formula is C18H21N3O3. The van der Waals surface area contributed by atoms with Gasteiger partial charge in [-0.3, -0.25) is 4.79 Å². The van der Waals surface area contributed by atoms with Crippen LogP contribution in [-0.4, -0.2) is 34.7 Å². The van der Waals surface area contributed by atoms with Gasteiger partial charge in [0.2, 0.25) is 0 Å². The van der Waals surface area contributed by atoms with Crippen LogP contribution in [0.5, 0.6) is 11.5 Å². The molecule has 0 saturated carbocycles. The number of imidazole rings is 1. The molecule has 0 unspecified atom stereocenters. The zero-order valence-electron chi connectivity index (χ0n) is 13.7. The Morgan fingerprint density at radius 1 is 1.29 bits per heavy atom. The first-order valence-electron chi connectivity index (χ1n) is 8.42. The van der Waals surface area contributed by atoms with Gasteiger partial charge in [-0.15, -0.1) is 0 Å². The molecule has 126 valence electrons. The topological polar surface area (TPSA) is 65.4 Å². The van der Waals surface area contributed by atoms with Crippen LogP contribution in [0.25, 0.3) is 0 Å². The number of rotatable bonds is 2. The van der Waals surface area contributed by atoms with Crippen LogP contribution in [-0.2, 0) is 13.0 Å². The molecule has 6 nitrogen and oxygen atoms in total. The molecule has 2 aliphatic heterocycles. The molecule has 0 bridgehead atoms. The summed E-state index contributed by atoms with van der Waals surface area (Å²) in [7, 11) is 0. The minimum absolute atomic E-state index is 0.0732. The van der Waals surface area contributed by atoms with Crippen LogP contribution >= 0.6 is 0 Å². The Kier molecular flexibility index (Phi) is 3.88. The normalized spacial score (nSPS) is 19.3. The van der Waals surface area contributed by atoms with E-state index in [9.17, 15) is 4.79 Å². The van der Waals surface area contributed by atoms with E-state index in [2.05, 4.69) is 14.9 Å². The summed E-state index contributed by atoms with van der Waals surface area (Å²) in [6, 6.07) is 5.49. The first kappa shape index (κ1) is 15.1. The number of ether oxygens (including phenoxy) is 2. The molecule has 0 fully saturated rings. The summed E-state index contributed by atoms with van der Waals surface area (Å²) in [5.41, 5.74) is 1.63. The lowest BCUT2D eigenvalue weighted by atomic mass is 10.1. The Morgan fingerprint density at radius 3 is 3.00 bits per heavy atom. The highest BCUT2D eigenvalue weighted by Crippen LogP contribution is 2.30. The number of hydrogen-bond acceptors (Lipinski definition) is 4. The predicted octanol–water partition coefficient (Wildman–Crippen LogP) is 2.10. The fourth-order valence-electron chi connectivity index (χ4n) is 3.28. The van der Waals surface area contributed by atoms with Gasteiger partial charge in [0.1, 0.15) is 5.82 Å². The lowest BCUT2D eigenvalue weighted by Crippen LogP contribution is -2.40. The lowest BCUT2D eigenvalue weighted by molar-refractivity contribution is 0.0927. The van der Waals surface area contributed by atoms with Crippen molar-refractivity contribution in [2.75, 3.05) is 13.2 Å². The van der Waals surface area contributed by atoms with Gasteiger partial charge in [-0.1, -0.05) is 0 Å². The quantitative estimate of drug-likeness (QED) is 0.917. The van der Waals surface area contributed by atoms with E-state index in [1.54, 1.807) is 12.1 Å². The van der Waals surface area contributed by atoms with Crippen LogP contribution in [0.15, 0.2) is 24.4 Å². The summed E-state index contributed by atoms with van der Waals surface area (Å²) in [5, 5.41) is 3.12. The van der Waals surface area contributed by atoms with Gasteiger partial charge in [0, 0.05) is 37.2 Å². The van der Waals surface area contributed by atoms with Crippen molar-refractivity contribution in [3.05, 3.63) is 41.5 Å². The fraction of sp³-hybridized carbons (Fsp3) is 0.444. The van der Waals surface area contributed by atoms with Gasteiger partial charge in [0.15, 0.2) is 11.5 Å². The van der Waals surface area contributed by atoms with Crippen molar-refractivity contribution >= 4 is 5.91 Å². The van der Waals surface area contributed by atoms with E-state index < -0.39 is 0 Å². The smallest absolute Gasteiger partial charge is 0.251 e. The van der Waals surface area contributed by atoms with Crippen LogP contribution < -0.4 is 14.8 Å². The molecule has 0 aliphatic carbocycles. The van der Waals surface area contributed by atoms with Crippen molar-refractivity contribution in [2.24, 2.45) is 0 Å². The minimum atomic E-state index is -0.0732. The average Bonchev–Trinajstić information content (AvgIpc) is 2.79. The summed E-state index contributed by atoms with van der Waals surface area (Å²) in [4.78, 5) is 17.1. The molecule has 2 aliphatic rings. The molecule has 0 saturated heterocycles. The third-order valence-electron chi connectivity index (χ3n) is 4.46. The Labute approximate surface area is 140 Å². The van der Waals surface area contributed by atoms with Gasteiger partial charge in [0.05, 0.1) is 18.9 Å². The maximum Gasteiger partial charge on any atom is 0.251 e. The third kappa shape index (κ3) is 2.96. The first-order chi connectivity index (χ1) is 11.7. The van der Waals surface area contributed by atoms with Gasteiger partial charge in [0.25, 0.3) is 5.91 Å². The van der Waals surface area contributed by atoms with E-state index in [4.69, 9.17) is 9.47 Å². The number of nitrogens with one attached hydrogen (secondary N) is 1. The maximum absolute atomic E-state index is 12.6. The predicted molar refractivity (Wildman–Crippen MR) is 88.6 cm³/mol. The summed E-state index contributed by atoms with van der Waals surface area (Å²) in [6.07, 6.45) is 4.69. The van der Waals surface area contributed by atoms with E-state index in [0.717, 1.165) is 37.3 Å². The molecule has 4 rings (SSSR count). The van der Waals surface area contributed by atoms with Crippen molar-refractivity contribution in [2.45, 2.75) is 38.8 Å². The van der Waals surface area contributed by atoms with Crippen molar-refractivity contribution < 1.29 is 14.3 Å². The van der Waals surface area contributed by atoms with Crippen LogP contribution in [0.4, 0.5) is 0 Å². The van der Waals surface area contributed by atoms with E-state index in [1.165, 1.54) is 0 Å². The monoisotopic (exact) mass is 327 g/mol. The highest BCUT2D eigenvalue weighted by molar-refractivity contribution is 5.95. The van der Waals surface area contributed by atoms with Gasteiger partial charge in [-0.05, 0) is 31.5 Å². The summed E-state index contributed by atoms with van der Waals surface area (Å²) in [6.45, 7) is 4.03. The van der Waals surface area contributed by atoms with Gasteiger partial charge >= 0.3 is 0 Å². The number of benzene rings is 1. The minimum Gasteiger partial charge on any atom is -0.490 e. The molecule has 1 atom stereocenters. The number of nitrogens with zero attached hydrogens (tertiary/aromatic N) is 2. The summed E-state index contributed by atoms with van der Waals surface area (Å²) < 4.78 is 13.4. The molecule has 1 amide bonds. The highest BCUT2D eigenvalue weighted by atomic mass is 16.5. The number of amides is 1. The number of fused-ring (bicyclic) bond motifs is 2. The second-order valence-corrected chi connectivity index (χ2v) is 6.37. The van der Waals surface area contributed by atoms with Crippen LogP contribution in [0, 0.1) is 6.92 Å². The van der Waals surface area contributed by atoms with Crippen LogP contribution in [0.3, 0.4) is 0 Å². The molecular weight excluding hydrogens is 306 g/mol. The Hall–Kier alpha value is -2.50. The fourth-order valence-corrected chi connectivity index (χ4v) is 3.28. The molecule has 0 radical (unpaired) electrons. The number of carbonyl (C=O) groups excluding carboxylic acids is 1. The average molecular weight is 327 g/mol. The molecule has 2 aromatic rings. The number of aryl methyl sites for hydroxylation is 2. The Bertz CT molecular complexity index is 769. The van der Waals surface area contributed by atoms with Crippen molar-refractivity contribution in [1.82, 2.24) is 14.9 Å². The number of carbonyl (C=O) groups is 1. The van der Waals surface area contributed by atoms with Gasteiger partial charge < -0.3 is 19.4 Å². The second-order valence-electron chi connectivity index (χ2n) is 6.37. The Morgan fingerprint density at radius 2 is 2.12 bits per heavy atom. The first-order valence-corrected chi connectivity index (χ1v) is 8.42. The highest BCUT2D eigenvalue weighted by Gasteiger charge is 2.22. The standard InChI is InChI=1S/C18H21N3O3/c1-12-10-21-11-14(4-6-17(21)19-12)20-18(22)13-3-5-15-16(9-13)24-8-2-7-23-15/h3,5,9-10,14H,2,4,6-8,11H2,1H3,(H,20,22)/t14-/m1/s1. The number of aromatic nitrogens is 2. The van der Waals surface area contributed by atoms with Crippen LogP contribution in [0.2, 0.25) is 0 Å². The second kappa shape index (κ2) is 6.19. The molecule has 3 heterocycles. The zero-order chi connectivity index (χ0) is 16.5. The third-order valence-corrected chi connectivity index (χ3v) is 4.46. The van der Waals surface area contributed by atoms with Crippen LogP contribution in [0.1, 0.15) is 34.7 Å². The zero-order valence-corrected chi connectivity index (χ0v) is 13.7. The SMILES string of the molecule is Cc1cn2c(n1)CC[C@@H](NC(=O)c1ccc3c(c1)OCCCO3)C2. The largest absolute Gasteiger partial charge is 0.490 e. The molecule has 6 heteroatoms. The van der Waals surface area contributed by atoms with Gasteiger partial charge in [-0.2, -0.15) is 0 Å². The summed E-state index contributed by atoms with van der Waals surface area (Å²) >= 11 is 0. The number of hydrogen-bond donors (Lipinski definition) is 1. The van der Waals surface area contributed by atoms with Crippen molar-refractivity contribution in [1.29, 1.82) is 0 Å². The van der Waals surface area contributed by atoms with E-state index in [-0.39, 0.29) is 11.9 Å². The van der Waals surface area contributed by atoms with E-state index in [1.807, 2.05) is 19.2 Å². The summed E-state index contributed by atoms with van der Waals surface area (Å²) in [5.74, 6) is 2.39. The molecule has 24 heavy (non-hydrogen) atoms. The van der Waals surface area contributed by atoms with Crippen molar-refractivity contribution in [3.63, 3.8) is 0 Å². The molecule has 1 aromatic carbocycles. The van der Waals surface area contributed by atoms with Crippen molar-refractivity contribution in [3.8, 4) is 11.5 Å². The lowest BCUT2D eigenvalue weighted by Gasteiger charge is -2.24. The Balaban J connectivity index is 1.46. The van der Waals surface area contributed by atoms with Gasteiger partial charge in [-0.25, -0.2) is 4.98 Å². The van der Waals surface area contributed by atoms with E-state index >= 15 is 0 Å². The molecule has 0 spiro atoms.